The molecule has 0 spiro atoms. The van der Waals surface area contributed by atoms with E-state index >= 15 is 0 Å². The number of carbonyl (C=O) groups excluding carboxylic acids is 2. The van der Waals surface area contributed by atoms with Crippen LogP contribution < -0.4 is 10.6 Å². The van der Waals surface area contributed by atoms with Crippen LogP contribution in [-0.4, -0.2) is 42.5 Å². The summed E-state index contributed by atoms with van der Waals surface area (Å²) in [6.07, 6.45) is 4.58. The average molecular weight is 211 g/mol. The fraction of sp³-hybridized carbons (Fsp3) is 0.800. The standard InChI is InChI=1S/C10H17N3O2/c14-9(8-7-11-10(15)12-8)13-5-3-1-2-4-6-13/h8H,1-7H2,(H2,11,12,15). The summed E-state index contributed by atoms with van der Waals surface area (Å²) in [5, 5.41) is 5.24. The number of rotatable bonds is 1. The normalized spacial score (nSPS) is 26.8. The highest BCUT2D eigenvalue weighted by Gasteiger charge is 2.30. The van der Waals surface area contributed by atoms with Gasteiger partial charge in [-0.2, -0.15) is 0 Å². The molecule has 0 aromatic carbocycles. The number of carbonyl (C=O) groups is 2. The Balaban J connectivity index is 1.91. The molecular weight excluding hydrogens is 194 g/mol. The maximum atomic E-state index is 12.0. The van der Waals surface area contributed by atoms with Crippen molar-refractivity contribution in [3.63, 3.8) is 0 Å². The van der Waals surface area contributed by atoms with E-state index in [4.69, 9.17) is 0 Å². The van der Waals surface area contributed by atoms with Gasteiger partial charge in [0.05, 0.1) is 0 Å². The molecule has 5 nitrogen and oxygen atoms in total. The molecule has 2 fully saturated rings. The summed E-state index contributed by atoms with van der Waals surface area (Å²) in [5.41, 5.74) is 0. The third kappa shape index (κ3) is 2.40. The monoisotopic (exact) mass is 211 g/mol. The first-order chi connectivity index (χ1) is 7.27. The van der Waals surface area contributed by atoms with E-state index in [2.05, 4.69) is 10.6 Å². The zero-order valence-corrected chi connectivity index (χ0v) is 8.79. The second-order valence-electron chi connectivity index (χ2n) is 4.15. The van der Waals surface area contributed by atoms with E-state index in [0.717, 1.165) is 25.9 Å². The van der Waals surface area contributed by atoms with Crippen LogP contribution in [0.5, 0.6) is 0 Å². The van der Waals surface area contributed by atoms with Crippen molar-refractivity contribution < 1.29 is 9.59 Å². The van der Waals surface area contributed by atoms with Crippen molar-refractivity contribution in [2.75, 3.05) is 19.6 Å². The second kappa shape index (κ2) is 4.51. The topological polar surface area (TPSA) is 61.4 Å². The first-order valence-corrected chi connectivity index (χ1v) is 5.60. The molecule has 0 aliphatic carbocycles. The van der Waals surface area contributed by atoms with Crippen molar-refractivity contribution in [2.45, 2.75) is 31.7 Å². The largest absolute Gasteiger partial charge is 0.341 e. The van der Waals surface area contributed by atoms with Gasteiger partial charge in [-0.15, -0.1) is 0 Å². The first kappa shape index (κ1) is 10.3. The molecule has 0 bridgehead atoms. The molecule has 1 atom stereocenters. The minimum Gasteiger partial charge on any atom is -0.341 e. The molecule has 3 amide bonds. The highest BCUT2D eigenvalue weighted by molar-refractivity contribution is 5.90. The van der Waals surface area contributed by atoms with Crippen molar-refractivity contribution >= 4 is 11.9 Å². The van der Waals surface area contributed by atoms with Crippen LogP contribution in [0, 0.1) is 0 Å². The quantitative estimate of drug-likeness (QED) is 0.644. The molecule has 0 saturated carbocycles. The van der Waals surface area contributed by atoms with E-state index in [1.165, 1.54) is 12.8 Å². The molecule has 1 unspecified atom stereocenters. The molecule has 2 N–H and O–H groups in total. The summed E-state index contributed by atoms with van der Waals surface area (Å²) >= 11 is 0. The van der Waals surface area contributed by atoms with E-state index < -0.39 is 0 Å². The van der Waals surface area contributed by atoms with Crippen molar-refractivity contribution in [2.24, 2.45) is 0 Å². The molecule has 84 valence electrons. The molecule has 15 heavy (non-hydrogen) atoms. The zero-order chi connectivity index (χ0) is 10.7. The predicted molar refractivity (Wildman–Crippen MR) is 55.4 cm³/mol. The van der Waals surface area contributed by atoms with Gasteiger partial charge in [-0.25, -0.2) is 4.79 Å². The number of nitrogens with zero attached hydrogens (tertiary/aromatic N) is 1. The molecule has 2 rings (SSSR count). The summed E-state index contributed by atoms with van der Waals surface area (Å²) in [4.78, 5) is 24.8. The number of nitrogens with one attached hydrogen (secondary N) is 2. The molecule has 0 radical (unpaired) electrons. The van der Waals surface area contributed by atoms with Crippen LogP contribution in [0.25, 0.3) is 0 Å². The third-order valence-corrected chi connectivity index (χ3v) is 2.99. The highest BCUT2D eigenvalue weighted by atomic mass is 16.2. The SMILES string of the molecule is O=C1NCC(C(=O)N2CCCCCC2)N1. The van der Waals surface area contributed by atoms with Gasteiger partial charge in [-0.1, -0.05) is 12.8 Å². The van der Waals surface area contributed by atoms with Crippen LogP contribution in [0.3, 0.4) is 0 Å². The lowest BCUT2D eigenvalue weighted by Gasteiger charge is -2.23. The number of urea groups is 1. The summed E-state index contributed by atoms with van der Waals surface area (Å²) in [7, 11) is 0. The van der Waals surface area contributed by atoms with Crippen LogP contribution >= 0.6 is 0 Å². The predicted octanol–water partition coefficient (Wildman–Crippen LogP) is 0.0704. The Kier molecular flexibility index (Phi) is 3.08. The van der Waals surface area contributed by atoms with Crippen LogP contribution in [-0.2, 0) is 4.79 Å². The van der Waals surface area contributed by atoms with Crippen LogP contribution in [0.2, 0.25) is 0 Å². The molecule has 5 heteroatoms. The Morgan fingerprint density at radius 2 is 1.87 bits per heavy atom. The molecule has 2 aliphatic heterocycles. The minimum absolute atomic E-state index is 0.0650. The van der Waals surface area contributed by atoms with E-state index in [1.807, 2.05) is 4.90 Å². The van der Waals surface area contributed by atoms with Gasteiger partial charge in [0.25, 0.3) is 0 Å². The lowest BCUT2D eigenvalue weighted by atomic mass is 10.2. The Bertz CT molecular complexity index is 259. The summed E-state index contributed by atoms with van der Waals surface area (Å²) in [6, 6.07) is -0.584. The van der Waals surface area contributed by atoms with Crippen molar-refractivity contribution in [3.05, 3.63) is 0 Å². The van der Waals surface area contributed by atoms with Gasteiger partial charge >= 0.3 is 6.03 Å². The molecular formula is C10H17N3O2. The maximum absolute atomic E-state index is 12.0. The van der Waals surface area contributed by atoms with Crippen LogP contribution in [0.1, 0.15) is 25.7 Å². The van der Waals surface area contributed by atoms with E-state index in [1.54, 1.807) is 0 Å². The number of amides is 3. The van der Waals surface area contributed by atoms with E-state index in [-0.39, 0.29) is 18.0 Å². The van der Waals surface area contributed by atoms with Crippen molar-refractivity contribution in [1.29, 1.82) is 0 Å². The van der Waals surface area contributed by atoms with Gasteiger partial charge in [0.2, 0.25) is 5.91 Å². The average Bonchev–Trinajstić information content (AvgIpc) is 2.53. The third-order valence-electron chi connectivity index (χ3n) is 2.99. The van der Waals surface area contributed by atoms with Crippen molar-refractivity contribution in [3.8, 4) is 0 Å². The fourth-order valence-corrected chi connectivity index (χ4v) is 2.12. The van der Waals surface area contributed by atoms with Crippen molar-refractivity contribution in [1.82, 2.24) is 15.5 Å². The number of likely N-dealkylation sites (tertiary alicyclic amines) is 1. The lowest BCUT2D eigenvalue weighted by molar-refractivity contribution is -0.132. The lowest BCUT2D eigenvalue weighted by Crippen LogP contribution is -2.45. The van der Waals surface area contributed by atoms with Gasteiger partial charge < -0.3 is 15.5 Å². The smallest absolute Gasteiger partial charge is 0.315 e. The Labute approximate surface area is 89.2 Å². The summed E-state index contributed by atoms with van der Waals surface area (Å²) in [5.74, 6) is 0.0650. The van der Waals surface area contributed by atoms with Gasteiger partial charge in [-0.3, -0.25) is 4.79 Å². The molecule has 2 saturated heterocycles. The van der Waals surface area contributed by atoms with Crippen LogP contribution in [0.15, 0.2) is 0 Å². The van der Waals surface area contributed by atoms with E-state index in [9.17, 15) is 9.59 Å². The molecule has 2 aliphatic rings. The van der Waals surface area contributed by atoms with Gasteiger partial charge in [0.15, 0.2) is 0 Å². The Morgan fingerprint density at radius 3 is 2.40 bits per heavy atom. The Morgan fingerprint density at radius 1 is 1.20 bits per heavy atom. The van der Waals surface area contributed by atoms with Gasteiger partial charge in [-0.05, 0) is 12.8 Å². The second-order valence-corrected chi connectivity index (χ2v) is 4.15. The first-order valence-electron chi connectivity index (χ1n) is 5.60. The van der Waals surface area contributed by atoms with Crippen LogP contribution in [0.4, 0.5) is 4.79 Å². The van der Waals surface area contributed by atoms with Gasteiger partial charge in [0.1, 0.15) is 6.04 Å². The van der Waals surface area contributed by atoms with Gasteiger partial charge in [0, 0.05) is 19.6 Å². The fourth-order valence-electron chi connectivity index (χ4n) is 2.12. The summed E-state index contributed by atoms with van der Waals surface area (Å²) in [6.45, 7) is 2.10. The highest BCUT2D eigenvalue weighted by Crippen LogP contribution is 2.11. The summed E-state index contributed by atoms with van der Waals surface area (Å²) < 4.78 is 0. The molecule has 0 aromatic rings. The maximum Gasteiger partial charge on any atom is 0.315 e. The van der Waals surface area contributed by atoms with E-state index in [0.29, 0.717) is 6.54 Å². The minimum atomic E-state index is -0.351. The Hall–Kier alpha value is -1.26. The number of hydrogen-bond acceptors (Lipinski definition) is 2. The molecule has 0 aromatic heterocycles. The number of hydrogen-bond donors (Lipinski definition) is 2. The molecule has 2 heterocycles. The zero-order valence-electron chi connectivity index (χ0n) is 8.79.